The van der Waals surface area contributed by atoms with E-state index in [2.05, 4.69) is 32.9 Å². The van der Waals surface area contributed by atoms with Gasteiger partial charge in [0, 0.05) is 16.7 Å². The summed E-state index contributed by atoms with van der Waals surface area (Å²) in [5.41, 5.74) is 6.40. The molecule has 2 rings (SSSR count). The highest BCUT2D eigenvalue weighted by molar-refractivity contribution is 9.10. The fourth-order valence-corrected chi connectivity index (χ4v) is 2.55. The lowest BCUT2D eigenvalue weighted by Crippen LogP contribution is -2.26. The third kappa shape index (κ3) is 3.33. The zero-order valence-corrected chi connectivity index (χ0v) is 11.6. The molecule has 1 aliphatic rings. The van der Waals surface area contributed by atoms with E-state index in [0.29, 0.717) is 24.2 Å². The van der Waals surface area contributed by atoms with E-state index in [1.54, 1.807) is 6.20 Å². The minimum atomic E-state index is 0.536. The first-order valence-electron chi connectivity index (χ1n) is 5.91. The number of nitrogens with zero attached hydrogens (tertiary/aromatic N) is 2. The number of nitrogens with two attached hydrogens (primary N) is 1. The van der Waals surface area contributed by atoms with E-state index in [1.165, 1.54) is 19.4 Å². The molecule has 94 valence electrons. The maximum atomic E-state index is 5.81. The molecule has 0 radical (unpaired) electrons. The van der Waals surface area contributed by atoms with E-state index in [-0.39, 0.29) is 0 Å². The van der Waals surface area contributed by atoms with Crippen molar-refractivity contribution in [3.05, 3.63) is 16.7 Å². The molecule has 1 unspecified atom stereocenters. The number of hydrogen-bond donors (Lipinski definition) is 1. The van der Waals surface area contributed by atoms with E-state index in [4.69, 9.17) is 10.5 Å². The summed E-state index contributed by atoms with van der Waals surface area (Å²) in [4.78, 5) is 6.54. The largest absolute Gasteiger partial charge is 0.476 e. The van der Waals surface area contributed by atoms with E-state index in [1.807, 2.05) is 6.07 Å². The first-order chi connectivity index (χ1) is 8.16. The van der Waals surface area contributed by atoms with Gasteiger partial charge in [-0.1, -0.05) is 0 Å². The molecule has 5 heteroatoms. The van der Waals surface area contributed by atoms with Crippen LogP contribution < -0.4 is 10.5 Å². The molecule has 1 saturated heterocycles. The molecule has 1 fully saturated rings. The average molecular weight is 300 g/mol. The van der Waals surface area contributed by atoms with Crippen molar-refractivity contribution in [2.75, 3.05) is 25.9 Å². The van der Waals surface area contributed by atoms with Crippen molar-refractivity contribution in [3.8, 4) is 5.88 Å². The van der Waals surface area contributed by atoms with Gasteiger partial charge in [0.2, 0.25) is 5.88 Å². The predicted octanol–water partition coefficient (Wildman–Crippen LogP) is 2.29. The molecule has 0 aromatic carbocycles. The summed E-state index contributed by atoms with van der Waals surface area (Å²) in [6.45, 7) is 1.87. The third-order valence-electron chi connectivity index (χ3n) is 3.21. The molecule has 1 atom stereocenters. The van der Waals surface area contributed by atoms with Crippen molar-refractivity contribution in [2.45, 2.75) is 25.3 Å². The lowest BCUT2D eigenvalue weighted by molar-refractivity contribution is 0.229. The second-order valence-corrected chi connectivity index (χ2v) is 5.38. The summed E-state index contributed by atoms with van der Waals surface area (Å²) < 4.78 is 6.49. The molecule has 0 saturated carbocycles. The summed E-state index contributed by atoms with van der Waals surface area (Å²) in [7, 11) is 2.17. The van der Waals surface area contributed by atoms with Crippen molar-refractivity contribution in [2.24, 2.45) is 0 Å². The van der Waals surface area contributed by atoms with Crippen molar-refractivity contribution >= 4 is 21.6 Å². The zero-order chi connectivity index (χ0) is 12.3. The van der Waals surface area contributed by atoms with Crippen molar-refractivity contribution in [1.29, 1.82) is 0 Å². The smallest absolute Gasteiger partial charge is 0.237 e. The minimum absolute atomic E-state index is 0.536. The van der Waals surface area contributed by atoms with Gasteiger partial charge in [0.25, 0.3) is 0 Å². The monoisotopic (exact) mass is 299 g/mol. The van der Waals surface area contributed by atoms with Gasteiger partial charge in [0.05, 0.1) is 12.3 Å². The Kier molecular flexibility index (Phi) is 4.23. The van der Waals surface area contributed by atoms with Crippen molar-refractivity contribution in [3.63, 3.8) is 0 Å². The van der Waals surface area contributed by atoms with Gasteiger partial charge in [-0.3, -0.25) is 0 Å². The molecule has 2 N–H and O–H groups in total. The molecule has 17 heavy (non-hydrogen) atoms. The molecule has 1 aliphatic heterocycles. The van der Waals surface area contributed by atoms with Crippen LogP contribution >= 0.6 is 15.9 Å². The Hall–Kier alpha value is -0.810. The molecule has 0 aliphatic carbocycles. The average Bonchev–Trinajstić information content (AvgIpc) is 2.68. The highest BCUT2D eigenvalue weighted by Crippen LogP contribution is 2.23. The molecule has 1 aromatic rings. The van der Waals surface area contributed by atoms with Crippen LogP contribution in [0.15, 0.2) is 16.7 Å². The Balaban J connectivity index is 1.81. The van der Waals surface area contributed by atoms with E-state index >= 15 is 0 Å². The maximum absolute atomic E-state index is 5.81. The molecular weight excluding hydrogens is 282 g/mol. The van der Waals surface area contributed by atoms with Gasteiger partial charge < -0.3 is 15.4 Å². The quantitative estimate of drug-likeness (QED) is 0.927. The standard InChI is InChI=1S/C12H18BrN3O/c1-16-5-2-3-10(16)4-6-17-12-11(14)7-9(13)8-15-12/h7-8,10H,2-6,14H2,1H3. The van der Waals surface area contributed by atoms with Gasteiger partial charge in [0.1, 0.15) is 0 Å². The first-order valence-corrected chi connectivity index (χ1v) is 6.70. The number of rotatable bonds is 4. The lowest BCUT2D eigenvalue weighted by Gasteiger charge is -2.19. The molecule has 2 heterocycles. The van der Waals surface area contributed by atoms with Crippen LogP contribution in [0.3, 0.4) is 0 Å². The third-order valence-corrected chi connectivity index (χ3v) is 3.64. The van der Waals surface area contributed by atoms with Crippen molar-refractivity contribution < 1.29 is 4.74 Å². The Morgan fingerprint density at radius 2 is 2.47 bits per heavy atom. The van der Waals surface area contributed by atoms with E-state index in [9.17, 15) is 0 Å². The number of halogens is 1. The highest BCUT2D eigenvalue weighted by atomic mass is 79.9. The Labute approximate surface area is 110 Å². The number of aromatic nitrogens is 1. The van der Waals surface area contributed by atoms with Crippen LogP contribution in [0.1, 0.15) is 19.3 Å². The van der Waals surface area contributed by atoms with E-state index < -0.39 is 0 Å². The molecule has 4 nitrogen and oxygen atoms in total. The summed E-state index contributed by atoms with van der Waals surface area (Å²) in [6, 6.07) is 2.45. The normalized spacial score (nSPS) is 20.7. The summed E-state index contributed by atoms with van der Waals surface area (Å²) in [5.74, 6) is 0.536. The summed E-state index contributed by atoms with van der Waals surface area (Å²) >= 11 is 3.32. The Morgan fingerprint density at radius 1 is 1.65 bits per heavy atom. The fourth-order valence-electron chi connectivity index (χ4n) is 2.20. The van der Waals surface area contributed by atoms with Crippen LogP contribution in [0.25, 0.3) is 0 Å². The van der Waals surface area contributed by atoms with Crippen LogP contribution in [0, 0.1) is 0 Å². The molecule has 0 spiro atoms. The lowest BCUT2D eigenvalue weighted by atomic mass is 10.1. The zero-order valence-electron chi connectivity index (χ0n) is 10.0. The van der Waals surface area contributed by atoms with Crippen LogP contribution in [-0.2, 0) is 0 Å². The highest BCUT2D eigenvalue weighted by Gasteiger charge is 2.20. The van der Waals surface area contributed by atoms with Gasteiger partial charge in [-0.05, 0) is 54.9 Å². The Bertz CT molecular complexity index is 386. The van der Waals surface area contributed by atoms with Gasteiger partial charge in [-0.25, -0.2) is 4.98 Å². The topological polar surface area (TPSA) is 51.4 Å². The van der Waals surface area contributed by atoms with Gasteiger partial charge >= 0.3 is 0 Å². The number of hydrogen-bond acceptors (Lipinski definition) is 4. The van der Waals surface area contributed by atoms with Crippen LogP contribution in [-0.4, -0.2) is 36.1 Å². The van der Waals surface area contributed by atoms with Crippen molar-refractivity contribution in [1.82, 2.24) is 9.88 Å². The van der Waals surface area contributed by atoms with Gasteiger partial charge in [0.15, 0.2) is 0 Å². The minimum Gasteiger partial charge on any atom is -0.476 e. The second-order valence-electron chi connectivity index (χ2n) is 4.46. The molecule has 0 bridgehead atoms. The summed E-state index contributed by atoms with van der Waals surface area (Å²) in [6.07, 6.45) is 5.30. The Morgan fingerprint density at radius 3 is 3.12 bits per heavy atom. The first kappa shape index (κ1) is 12.6. The molecule has 0 amide bonds. The number of pyridine rings is 1. The molecule has 1 aromatic heterocycles. The van der Waals surface area contributed by atoms with Crippen LogP contribution in [0.2, 0.25) is 0 Å². The number of nitrogen functional groups attached to an aromatic ring is 1. The van der Waals surface area contributed by atoms with Crippen LogP contribution in [0.4, 0.5) is 5.69 Å². The van der Waals surface area contributed by atoms with E-state index in [0.717, 1.165) is 10.9 Å². The number of anilines is 1. The fraction of sp³-hybridized carbons (Fsp3) is 0.583. The van der Waals surface area contributed by atoms with Crippen LogP contribution in [0.5, 0.6) is 5.88 Å². The number of likely N-dealkylation sites (tertiary alicyclic amines) is 1. The second kappa shape index (κ2) is 5.69. The predicted molar refractivity (Wildman–Crippen MR) is 72.1 cm³/mol. The molecular formula is C12H18BrN3O. The van der Waals surface area contributed by atoms with Gasteiger partial charge in [-0.15, -0.1) is 0 Å². The number of ether oxygens (including phenoxy) is 1. The van der Waals surface area contributed by atoms with Gasteiger partial charge in [-0.2, -0.15) is 0 Å². The SMILES string of the molecule is CN1CCCC1CCOc1ncc(Br)cc1N. The summed E-state index contributed by atoms with van der Waals surface area (Å²) in [5, 5.41) is 0. The maximum Gasteiger partial charge on any atom is 0.237 e.